The summed E-state index contributed by atoms with van der Waals surface area (Å²) in [6.07, 6.45) is 0.500. The van der Waals surface area contributed by atoms with Gasteiger partial charge in [0.05, 0.1) is 31.4 Å². The van der Waals surface area contributed by atoms with Crippen molar-refractivity contribution in [1.82, 2.24) is 4.90 Å². The average Bonchev–Trinajstić information content (AvgIpc) is 3.03. The second-order valence-electron chi connectivity index (χ2n) is 6.96. The lowest BCUT2D eigenvalue weighted by Gasteiger charge is -2.25. The van der Waals surface area contributed by atoms with E-state index in [1.54, 1.807) is 31.4 Å². The van der Waals surface area contributed by atoms with E-state index in [9.17, 15) is 19.1 Å². The molecule has 0 radical (unpaired) electrons. The van der Waals surface area contributed by atoms with Crippen LogP contribution in [0.5, 0.6) is 11.5 Å². The summed E-state index contributed by atoms with van der Waals surface area (Å²) in [5, 5.41) is 11.1. The number of Topliss-reactive ketones (excluding diaryl/α,β-unsaturated/α-hetero) is 1. The molecule has 2 aromatic carbocycles. The molecule has 0 bridgehead atoms. The first-order chi connectivity index (χ1) is 14.9. The van der Waals surface area contributed by atoms with Gasteiger partial charge in [-0.25, -0.2) is 4.39 Å². The topological polar surface area (TPSA) is 85.3 Å². The molecule has 1 aliphatic heterocycles. The molecule has 0 aromatic heterocycles. The van der Waals surface area contributed by atoms with Gasteiger partial charge in [-0.05, 0) is 42.3 Å². The minimum Gasteiger partial charge on any atom is -0.507 e. The third-order valence-corrected chi connectivity index (χ3v) is 5.14. The number of hydrogen-bond donors (Lipinski definition) is 1. The minimum absolute atomic E-state index is 0.00379. The summed E-state index contributed by atoms with van der Waals surface area (Å²) in [5.41, 5.74) is 0.474. The number of rotatable bonds is 8. The van der Waals surface area contributed by atoms with Gasteiger partial charge in [0.25, 0.3) is 11.7 Å². The number of amides is 1. The standard InChI is InChI=1S/C23H24FNO6/c1-29-12-4-11-25-20(14-5-8-16(30-2)9-6-14)19(22(27)23(25)28)21(26)17-13-15(24)7-10-18(17)31-3/h5-10,13,20,26H,4,11-12H2,1-3H3/b21-19+. The monoisotopic (exact) mass is 429 g/mol. The van der Waals surface area contributed by atoms with E-state index >= 15 is 0 Å². The Balaban J connectivity index is 2.17. The molecule has 1 aliphatic rings. The molecule has 0 spiro atoms. The van der Waals surface area contributed by atoms with E-state index in [2.05, 4.69) is 0 Å². The van der Waals surface area contributed by atoms with E-state index in [1.807, 2.05) is 0 Å². The number of nitrogens with zero attached hydrogens (tertiary/aromatic N) is 1. The number of carbonyl (C=O) groups excluding carboxylic acids is 2. The quantitative estimate of drug-likeness (QED) is 0.300. The number of likely N-dealkylation sites (tertiary alicyclic amines) is 1. The maximum atomic E-state index is 13.9. The molecule has 3 rings (SSSR count). The zero-order valence-corrected chi connectivity index (χ0v) is 17.6. The van der Waals surface area contributed by atoms with Crippen LogP contribution in [0.2, 0.25) is 0 Å². The molecular formula is C23H24FNO6. The average molecular weight is 429 g/mol. The molecule has 1 fully saturated rings. The van der Waals surface area contributed by atoms with Gasteiger partial charge in [-0.1, -0.05) is 12.1 Å². The third kappa shape index (κ3) is 4.39. The van der Waals surface area contributed by atoms with Crippen LogP contribution in [0.4, 0.5) is 4.39 Å². The first-order valence-electron chi connectivity index (χ1n) is 9.68. The third-order valence-electron chi connectivity index (χ3n) is 5.14. The molecule has 2 aromatic rings. The van der Waals surface area contributed by atoms with Crippen LogP contribution >= 0.6 is 0 Å². The van der Waals surface area contributed by atoms with Gasteiger partial charge < -0.3 is 24.2 Å². The fourth-order valence-corrected chi connectivity index (χ4v) is 3.63. The summed E-state index contributed by atoms with van der Waals surface area (Å²) in [4.78, 5) is 27.2. The SMILES string of the molecule is COCCCN1C(=O)C(=O)/C(=C(/O)c2cc(F)ccc2OC)C1c1ccc(OC)cc1. The molecule has 31 heavy (non-hydrogen) atoms. The van der Waals surface area contributed by atoms with Crippen LogP contribution in [0, 0.1) is 5.82 Å². The number of ether oxygens (including phenoxy) is 3. The molecule has 0 saturated carbocycles. The van der Waals surface area contributed by atoms with Gasteiger partial charge in [0, 0.05) is 20.3 Å². The highest BCUT2D eigenvalue weighted by molar-refractivity contribution is 6.46. The van der Waals surface area contributed by atoms with Crippen LogP contribution < -0.4 is 9.47 Å². The van der Waals surface area contributed by atoms with E-state index in [0.29, 0.717) is 24.3 Å². The van der Waals surface area contributed by atoms with Gasteiger partial charge in [0.15, 0.2) is 0 Å². The van der Waals surface area contributed by atoms with Crippen molar-refractivity contribution in [3.05, 3.63) is 65.0 Å². The van der Waals surface area contributed by atoms with Crippen molar-refractivity contribution in [2.45, 2.75) is 12.5 Å². The zero-order valence-electron chi connectivity index (χ0n) is 17.6. The van der Waals surface area contributed by atoms with Crippen molar-refractivity contribution in [1.29, 1.82) is 0 Å². The van der Waals surface area contributed by atoms with E-state index in [0.717, 1.165) is 6.07 Å². The van der Waals surface area contributed by atoms with Crippen molar-refractivity contribution in [2.24, 2.45) is 0 Å². The van der Waals surface area contributed by atoms with Gasteiger partial charge >= 0.3 is 0 Å². The Kier molecular flexibility index (Phi) is 6.91. The van der Waals surface area contributed by atoms with Crippen LogP contribution in [0.25, 0.3) is 5.76 Å². The fraction of sp³-hybridized carbons (Fsp3) is 0.304. The molecule has 7 nitrogen and oxygen atoms in total. The Morgan fingerprint density at radius 2 is 1.77 bits per heavy atom. The summed E-state index contributed by atoms with van der Waals surface area (Å²) in [6, 6.07) is 9.58. The molecule has 1 unspecified atom stereocenters. The predicted molar refractivity (Wildman–Crippen MR) is 111 cm³/mol. The number of halogens is 1. The fourth-order valence-electron chi connectivity index (χ4n) is 3.63. The Morgan fingerprint density at radius 1 is 1.06 bits per heavy atom. The highest BCUT2D eigenvalue weighted by atomic mass is 19.1. The van der Waals surface area contributed by atoms with Crippen LogP contribution in [-0.2, 0) is 14.3 Å². The Morgan fingerprint density at radius 3 is 2.39 bits per heavy atom. The molecular weight excluding hydrogens is 405 g/mol. The molecule has 1 atom stereocenters. The summed E-state index contributed by atoms with van der Waals surface area (Å²) < 4.78 is 29.4. The van der Waals surface area contributed by atoms with E-state index in [-0.39, 0.29) is 23.4 Å². The summed E-state index contributed by atoms with van der Waals surface area (Å²) in [5.74, 6) is -1.91. The van der Waals surface area contributed by atoms with Gasteiger partial charge in [-0.3, -0.25) is 9.59 Å². The molecule has 164 valence electrons. The highest BCUT2D eigenvalue weighted by Gasteiger charge is 2.46. The Labute approximate surface area is 179 Å². The number of benzene rings is 2. The Hall–Kier alpha value is -3.39. The van der Waals surface area contributed by atoms with Gasteiger partial charge in [-0.2, -0.15) is 0 Å². The summed E-state index contributed by atoms with van der Waals surface area (Å²) >= 11 is 0. The number of ketones is 1. The van der Waals surface area contributed by atoms with Gasteiger partial charge in [-0.15, -0.1) is 0 Å². The Bertz CT molecular complexity index is 1000. The lowest BCUT2D eigenvalue weighted by atomic mass is 9.95. The van der Waals surface area contributed by atoms with Crippen molar-refractivity contribution in [2.75, 3.05) is 34.5 Å². The zero-order chi connectivity index (χ0) is 22.5. The lowest BCUT2D eigenvalue weighted by molar-refractivity contribution is -0.140. The highest BCUT2D eigenvalue weighted by Crippen LogP contribution is 2.41. The first-order valence-corrected chi connectivity index (χ1v) is 9.68. The van der Waals surface area contributed by atoms with Gasteiger partial charge in [0.2, 0.25) is 0 Å². The van der Waals surface area contributed by atoms with E-state index in [4.69, 9.17) is 14.2 Å². The second-order valence-corrected chi connectivity index (χ2v) is 6.96. The summed E-state index contributed by atoms with van der Waals surface area (Å²) in [6.45, 7) is 0.641. The van der Waals surface area contributed by atoms with E-state index < -0.39 is 29.3 Å². The molecule has 1 N–H and O–H groups in total. The normalized spacial score (nSPS) is 17.8. The number of aliphatic hydroxyl groups is 1. The van der Waals surface area contributed by atoms with Gasteiger partial charge in [0.1, 0.15) is 23.1 Å². The van der Waals surface area contributed by atoms with Crippen molar-refractivity contribution in [3.63, 3.8) is 0 Å². The molecule has 0 aliphatic carbocycles. The predicted octanol–water partition coefficient (Wildman–Crippen LogP) is 3.30. The van der Waals surface area contributed by atoms with Crippen molar-refractivity contribution in [3.8, 4) is 11.5 Å². The molecule has 1 saturated heterocycles. The lowest BCUT2D eigenvalue weighted by Crippen LogP contribution is -2.31. The molecule has 1 amide bonds. The number of carbonyl (C=O) groups is 2. The number of hydrogen-bond acceptors (Lipinski definition) is 6. The smallest absolute Gasteiger partial charge is 0.295 e. The van der Waals surface area contributed by atoms with Crippen molar-refractivity contribution < 1.29 is 33.3 Å². The van der Waals surface area contributed by atoms with Crippen LogP contribution in [0.3, 0.4) is 0 Å². The van der Waals surface area contributed by atoms with E-state index in [1.165, 1.54) is 31.3 Å². The number of aliphatic hydroxyl groups excluding tert-OH is 1. The molecule has 1 heterocycles. The minimum atomic E-state index is -0.851. The first kappa shape index (κ1) is 22.3. The van der Waals surface area contributed by atoms with Crippen LogP contribution in [0.15, 0.2) is 48.0 Å². The van der Waals surface area contributed by atoms with Crippen molar-refractivity contribution >= 4 is 17.4 Å². The summed E-state index contributed by atoms with van der Waals surface area (Å²) in [7, 11) is 4.45. The largest absolute Gasteiger partial charge is 0.507 e. The van der Waals surface area contributed by atoms with Crippen LogP contribution in [0.1, 0.15) is 23.6 Å². The molecule has 8 heteroatoms. The maximum absolute atomic E-state index is 13.9. The van der Waals surface area contributed by atoms with Crippen LogP contribution in [-0.4, -0.2) is 56.2 Å². The maximum Gasteiger partial charge on any atom is 0.295 e. The number of methoxy groups -OCH3 is 3. The second kappa shape index (κ2) is 9.61.